The zero-order chi connectivity index (χ0) is 10.6. The number of aliphatic hydroxyl groups excluding tert-OH is 1. The second-order valence-electron chi connectivity index (χ2n) is 3.63. The van der Waals surface area contributed by atoms with Crippen molar-refractivity contribution < 1.29 is 5.11 Å². The Kier molecular flexibility index (Phi) is 4.51. The van der Waals surface area contributed by atoms with Crippen LogP contribution in [0.5, 0.6) is 0 Å². The van der Waals surface area contributed by atoms with Gasteiger partial charge in [0.1, 0.15) is 0 Å². The van der Waals surface area contributed by atoms with Gasteiger partial charge in [0, 0.05) is 30.2 Å². The predicted molar refractivity (Wildman–Crippen MR) is 59.5 cm³/mol. The van der Waals surface area contributed by atoms with Crippen molar-refractivity contribution in [3.05, 3.63) is 16.1 Å². The van der Waals surface area contributed by atoms with Crippen molar-refractivity contribution in [2.24, 2.45) is 0 Å². The summed E-state index contributed by atoms with van der Waals surface area (Å²) < 4.78 is 0. The molecule has 0 fully saturated rings. The molecule has 0 aromatic carbocycles. The van der Waals surface area contributed by atoms with Gasteiger partial charge in [-0.1, -0.05) is 0 Å². The van der Waals surface area contributed by atoms with E-state index in [0.717, 1.165) is 18.1 Å². The molecule has 0 spiro atoms. The van der Waals surface area contributed by atoms with E-state index in [1.165, 1.54) is 4.88 Å². The summed E-state index contributed by atoms with van der Waals surface area (Å²) in [4.78, 5) is 7.73. The standard InChI is InChI=1S/C10H18N2OS/c1-8(2)12(4-5-13)7-10-6-11-9(3)14-10/h6,8,13H,4-5,7H2,1-3H3. The number of aliphatic hydroxyl groups is 1. The van der Waals surface area contributed by atoms with Gasteiger partial charge in [0.15, 0.2) is 0 Å². The Balaban J connectivity index is 2.55. The van der Waals surface area contributed by atoms with Gasteiger partial charge in [0.2, 0.25) is 0 Å². The van der Waals surface area contributed by atoms with Crippen molar-refractivity contribution in [2.45, 2.75) is 33.4 Å². The first-order valence-electron chi connectivity index (χ1n) is 4.89. The average molecular weight is 214 g/mol. The summed E-state index contributed by atoms with van der Waals surface area (Å²) in [5.74, 6) is 0. The van der Waals surface area contributed by atoms with E-state index in [-0.39, 0.29) is 6.61 Å². The van der Waals surface area contributed by atoms with Crippen molar-refractivity contribution in [2.75, 3.05) is 13.2 Å². The van der Waals surface area contributed by atoms with Crippen LogP contribution >= 0.6 is 11.3 Å². The molecule has 3 nitrogen and oxygen atoms in total. The van der Waals surface area contributed by atoms with E-state index in [0.29, 0.717) is 6.04 Å². The highest BCUT2D eigenvalue weighted by atomic mass is 32.1. The van der Waals surface area contributed by atoms with E-state index < -0.39 is 0 Å². The molecule has 80 valence electrons. The first-order chi connectivity index (χ1) is 6.63. The van der Waals surface area contributed by atoms with Gasteiger partial charge in [0.25, 0.3) is 0 Å². The fraction of sp³-hybridized carbons (Fsp3) is 0.700. The third-order valence-corrected chi connectivity index (χ3v) is 3.04. The Labute approximate surface area is 89.4 Å². The summed E-state index contributed by atoms with van der Waals surface area (Å²) in [6, 6.07) is 0.463. The molecule has 1 heterocycles. The van der Waals surface area contributed by atoms with Gasteiger partial charge in [-0.2, -0.15) is 0 Å². The second-order valence-corrected chi connectivity index (χ2v) is 4.95. The minimum atomic E-state index is 0.218. The van der Waals surface area contributed by atoms with Crippen LogP contribution in [0.2, 0.25) is 0 Å². The predicted octanol–water partition coefficient (Wildman–Crippen LogP) is 1.65. The summed E-state index contributed by atoms with van der Waals surface area (Å²) in [7, 11) is 0. The van der Waals surface area contributed by atoms with Crippen LogP contribution in [0.15, 0.2) is 6.20 Å². The first-order valence-corrected chi connectivity index (χ1v) is 5.71. The SMILES string of the molecule is Cc1ncc(CN(CCO)C(C)C)s1. The third-order valence-electron chi connectivity index (χ3n) is 2.15. The van der Waals surface area contributed by atoms with Gasteiger partial charge < -0.3 is 5.11 Å². The number of hydrogen-bond acceptors (Lipinski definition) is 4. The van der Waals surface area contributed by atoms with Gasteiger partial charge in [0.05, 0.1) is 11.6 Å². The maximum atomic E-state index is 8.91. The summed E-state index contributed by atoms with van der Waals surface area (Å²) in [6.07, 6.45) is 1.92. The molecule has 0 unspecified atom stereocenters. The average Bonchev–Trinajstić information content (AvgIpc) is 2.50. The maximum absolute atomic E-state index is 8.91. The summed E-state index contributed by atoms with van der Waals surface area (Å²) >= 11 is 1.72. The summed E-state index contributed by atoms with van der Waals surface area (Å²) in [5.41, 5.74) is 0. The van der Waals surface area contributed by atoms with Crippen molar-refractivity contribution in [1.29, 1.82) is 0 Å². The van der Waals surface area contributed by atoms with E-state index in [2.05, 4.69) is 23.7 Å². The number of thiazole rings is 1. The summed E-state index contributed by atoms with van der Waals surface area (Å²) in [6.45, 7) is 8.14. The second kappa shape index (κ2) is 5.44. The van der Waals surface area contributed by atoms with Gasteiger partial charge in [-0.15, -0.1) is 11.3 Å². The molecule has 1 N–H and O–H groups in total. The first kappa shape index (κ1) is 11.6. The minimum Gasteiger partial charge on any atom is -0.395 e. The van der Waals surface area contributed by atoms with Crippen LogP contribution in [0, 0.1) is 6.92 Å². The molecule has 0 atom stereocenters. The Hall–Kier alpha value is -0.450. The lowest BCUT2D eigenvalue weighted by atomic mass is 10.3. The zero-order valence-electron chi connectivity index (χ0n) is 9.03. The molecule has 0 bridgehead atoms. The zero-order valence-corrected chi connectivity index (χ0v) is 9.84. The Bertz CT molecular complexity index is 273. The molecule has 0 saturated heterocycles. The molecule has 1 aromatic heterocycles. The van der Waals surface area contributed by atoms with Crippen LogP contribution < -0.4 is 0 Å². The van der Waals surface area contributed by atoms with Crippen LogP contribution in [0.4, 0.5) is 0 Å². The Morgan fingerprint density at radius 3 is 2.71 bits per heavy atom. The molecule has 1 rings (SSSR count). The van der Waals surface area contributed by atoms with Gasteiger partial charge in [-0.3, -0.25) is 4.90 Å². The van der Waals surface area contributed by atoms with Crippen molar-refractivity contribution in [1.82, 2.24) is 9.88 Å². The molecule has 1 aromatic rings. The Morgan fingerprint density at radius 2 is 2.29 bits per heavy atom. The van der Waals surface area contributed by atoms with Crippen LogP contribution in [-0.4, -0.2) is 34.2 Å². The van der Waals surface area contributed by atoms with Crippen molar-refractivity contribution in [3.8, 4) is 0 Å². The topological polar surface area (TPSA) is 36.4 Å². The number of aromatic nitrogens is 1. The minimum absolute atomic E-state index is 0.218. The highest BCUT2D eigenvalue weighted by Gasteiger charge is 2.10. The van der Waals surface area contributed by atoms with Gasteiger partial charge >= 0.3 is 0 Å². The molecular formula is C10H18N2OS. The normalized spacial score (nSPS) is 11.6. The van der Waals surface area contributed by atoms with Crippen molar-refractivity contribution in [3.63, 3.8) is 0 Å². The van der Waals surface area contributed by atoms with E-state index in [1.807, 2.05) is 13.1 Å². The van der Waals surface area contributed by atoms with Crippen LogP contribution in [0.1, 0.15) is 23.7 Å². The molecule has 0 amide bonds. The molecule has 14 heavy (non-hydrogen) atoms. The van der Waals surface area contributed by atoms with Crippen molar-refractivity contribution >= 4 is 11.3 Å². The lowest BCUT2D eigenvalue weighted by Gasteiger charge is -2.24. The number of aryl methyl sites for hydroxylation is 1. The molecule has 0 aliphatic rings. The lowest BCUT2D eigenvalue weighted by Crippen LogP contribution is -2.32. The largest absolute Gasteiger partial charge is 0.395 e. The smallest absolute Gasteiger partial charge is 0.0897 e. The lowest BCUT2D eigenvalue weighted by molar-refractivity contribution is 0.160. The number of hydrogen-bond donors (Lipinski definition) is 1. The molecule has 0 radical (unpaired) electrons. The highest BCUT2D eigenvalue weighted by molar-refractivity contribution is 7.11. The third kappa shape index (κ3) is 3.36. The number of rotatable bonds is 5. The fourth-order valence-electron chi connectivity index (χ4n) is 1.33. The quantitative estimate of drug-likeness (QED) is 0.809. The van der Waals surface area contributed by atoms with E-state index in [4.69, 9.17) is 5.11 Å². The van der Waals surface area contributed by atoms with E-state index >= 15 is 0 Å². The molecule has 0 aliphatic heterocycles. The molecule has 4 heteroatoms. The van der Waals surface area contributed by atoms with Crippen LogP contribution in [-0.2, 0) is 6.54 Å². The van der Waals surface area contributed by atoms with Gasteiger partial charge in [-0.05, 0) is 20.8 Å². The number of nitrogens with zero attached hydrogens (tertiary/aromatic N) is 2. The molecule has 0 aliphatic carbocycles. The Morgan fingerprint density at radius 1 is 1.57 bits per heavy atom. The highest BCUT2D eigenvalue weighted by Crippen LogP contribution is 2.15. The van der Waals surface area contributed by atoms with E-state index in [9.17, 15) is 0 Å². The summed E-state index contributed by atoms with van der Waals surface area (Å²) in [5, 5.41) is 10.0. The molecular weight excluding hydrogens is 196 g/mol. The van der Waals surface area contributed by atoms with Crippen LogP contribution in [0.3, 0.4) is 0 Å². The molecule has 0 saturated carbocycles. The fourth-order valence-corrected chi connectivity index (χ4v) is 2.15. The monoisotopic (exact) mass is 214 g/mol. The van der Waals surface area contributed by atoms with E-state index in [1.54, 1.807) is 11.3 Å². The maximum Gasteiger partial charge on any atom is 0.0897 e. The van der Waals surface area contributed by atoms with Crippen LogP contribution in [0.25, 0.3) is 0 Å². The van der Waals surface area contributed by atoms with Gasteiger partial charge in [-0.25, -0.2) is 4.98 Å².